The third-order valence-corrected chi connectivity index (χ3v) is 2.87. The fourth-order valence-corrected chi connectivity index (χ4v) is 1.99. The van der Waals surface area contributed by atoms with E-state index in [9.17, 15) is 13.2 Å². The van der Waals surface area contributed by atoms with Gasteiger partial charge in [-0.3, -0.25) is 0 Å². The van der Waals surface area contributed by atoms with Gasteiger partial charge in [0.2, 0.25) is 0 Å². The van der Waals surface area contributed by atoms with Crippen molar-refractivity contribution in [2.24, 2.45) is 0 Å². The molecule has 0 aromatic rings. The highest BCUT2D eigenvalue weighted by atomic mass is 32.2. The summed E-state index contributed by atoms with van der Waals surface area (Å²) < 4.78 is 22.0. The van der Waals surface area contributed by atoms with Gasteiger partial charge in [0.05, 0.1) is 5.75 Å². The summed E-state index contributed by atoms with van der Waals surface area (Å²) in [6.07, 6.45) is 0.492. The molecule has 0 fully saturated rings. The van der Waals surface area contributed by atoms with E-state index in [0.717, 1.165) is 5.41 Å². The number of aliphatic carboxylic acids is 1. The average Bonchev–Trinajstić information content (AvgIpc) is 1.85. The summed E-state index contributed by atoms with van der Waals surface area (Å²) >= 11 is 0. The van der Waals surface area contributed by atoms with Crippen LogP contribution in [-0.4, -0.2) is 25.2 Å². The molecule has 0 saturated heterocycles. The van der Waals surface area contributed by atoms with Crippen LogP contribution in [0.2, 0.25) is 0 Å². The van der Waals surface area contributed by atoms with Crippen LogP contribution < -0.4 is 0 Å². The minimum Gasteiger partial charge on any atom is -0.478 e. The number of hydrogen-bond donors (Lipinski definition) is 1. The topological polar surface area (TPSA) is 71.4 Å². The first-order valence-corrected chi connectivity index (χ1v) is 5.25. The quantitative estimate of drug-likeness (QED) is 0.669. The lowest BCUT2D eigenvalue weighted by Gasteiger charge is -1.95. The third kappa shape index (κ3) is 4.12. The first-order valence-electron chi connectivity index (χ1n) is 3.53. The van der Waals surface area contributed by atoms with E-state index in [2.05, 4.69) is 0 Å². The molecule has 0 aliphatic carbocycles. The van der Waals surface area contributed by atoms with E-state index in [1.54, 1.807) is 6.92 Å². The number of carbonyl (C=O) groups is 1. The number of sulfone groups is 1. The largest absolute Gasteiger partial charge is 0.478 e. The Morgan fingerprint density at radius 2 is 2.00 bits per heavy atom. The van der Waals surface area contributed by atoms with E-state index in [-0.39, 0.29) is 11.3 Å². The predicted octanol–water partition coefficient (Wildman–Crippen LogP) is 0.800. The van der Waals surface area contributed by atoms with Gasteiger partial charge in [-0.25, -0.2) is 13.2 Å². The monoisotopic (exact) mass is 192 g/mol. The lowest BCUT2D eigenvalue weighted by Crippen LogP contribution is -2.05. The average molecular weight is 192 g/mol. The number of rotatable bonds is 4. The maximum Gasteiger partial charge on any atom is 0.331 e. The van der Waals surface area contributed by atoms with E-state index in [1.807, 2.05) is 0 Å². The van der Waals surface area contributed by atoms with Crippen LogP contribution in [0.4, 0.5) is 0 Å². The second kappa shape index (κ2) is 4.25. The zero-order valence-electron chi connectivity index (χ0n) is 7.07. The fraction of sp³-hybridized carbons (Fsp3) is 0.571. The van der Waals surface area contributed by atoms with E-state index >= 15 is 0 Å². The van der Waals surface area contributed by atoms with Gasteiger partial charge in [-0.05, 0) is 13.3 Å². The molecule has 0 saturated carbocycles. The van der Waals surface area contributed by atoms with Crippen molar-refractivity contribution in [2.45, 2.75) is 20.3 Å². The second-order valence-electron chi connectivity index (χ2n) is 2.47. The zero-order valence-corrected chi connectivity index (χ0v) is 7.89. The molecule has 0 aromatic heterocycles. The molecule has 4 nitrogen and oxygen atoms in total. The van der Waals surface area contributed by atoms with Gasteiger partial charge >= 0.3 is 5.97 Å². The van der Waals surface area contributed by atoms with Crippen LogP contribution in [0.3, 0.4) is 0 Å². The summed E-state index contributed by atoms with van der Waals surface area (Å²) in [6.45, 7) is 2.98. The van der Waals surface area contributed by atoms with E-state index in [0.29, 0.717) is 6.42 Å². The van der Waals surface area contributed by atoms with Crippen molar-refractivity contribution in [2.75, 3.05) is 5.75 Å². The molecule has 70 valence electrons. The summed E-state index contributed by atoms with van der Waals surface area (Å²) in [7, 11) is -3.32. The van der Waals surface area contributed by atoms with E-state index in [1.165, 1.54) is 6.92 Å². The van der Waals surface area contributed by atoms with Gasteiger partial charge in [-0.1, -0.05) is 6.92 Å². The molecule has 0 unspecified atom stereocenters. The second-order valence-corrected chi connectivity index (χ2v) is 4.44. The zero-order chi connectivity index (χ0) is 9.78. The number of hydrogen-bond acceptors (Lipinski definition) is 3. The minimum absolute atomic E-state index is 0.00236. The van der Waals surface area contributed by atoms with Crippen LogP contribution in [-0.2, 0) is 14.6 Å². The summed E-state index contributed by atoms with van der Waals surface area (Å²) in [6, 6.07) is 0. The van der Waals surface area contributed by atoms with Crippen molar-refractivity contribution >= 4 is 15.8 Å². The Hall–Kier alpha value is -0.840. The maximum absolute atomic E-state index is 11.0. The molecule has 0 aromatic carbocycles. The van der Waals surface area contributed by atoms with Crippen LogP contribution in [0.1, 0.15) is 20.3 Å². The van der Waals surface area contributed by atoms with Crippen molar-refractivity contribution in [3.8, 4) is 0 Å². The van der Waals surface area contributed by atoms with Gasteiger partial charge in [0.25, 0.3) is 0 Å². The number of carboxylic acids is 1. The van der Waals surface area contributed by atoms with E-state index < -0.39 is 15.8 Å². The Morgan fingerprint density at radius 1 is 1.50 bits per heavy atom. The maximum atomic E-state index is 11.0. The third-order valence-electron chi connectivity index (χ3n) is 1.18. The fourth-order valence-electron chi connectivity index (χ4n) is 0.663. The number of carboxylic acid groups (broad SMARTS) is 1. The minimum atomic E-state index is -3.32. The lowest BCUT2D eigenvalue weighted by atomic mass is 10.4. The summed E-state index contributed by atoms with van der Waals surface area (Å²) in [5.74, 6) is -1.20. The standard InChI is InChI=1S/C7H12O4S/c1-3-4-12(10,11)5-6(2)7(8)9/h5H,3-4H2,1-2H3,(H,8,9). The molecule has 0 bridgehead atoms. The molecule has 5 heteroatoms. The molecule has 0 aliphatic heterocycles. The molecule has 0 radical (unpaired) electrons. The van der Waals surface area contributed by atoms with Crippen LogP contribution in [0.15, 0.2) is 11.0 Å². The highest BCUT2D eigenvalue weighted by molar-refractivity contribution is 7.94. The Bertz CT molecular complexity index is 287. The first kappa shape index (κ1) is 11.2. The SMILES string of the molecule is CCCS(=O)(=O)C=C(C)C(=O)O. The molecule has 0 heterocycles. The van der Waals surface area contributed by atoms with Gasteiger partial charge < -0.3 is 5.11 Å². The molecule has 0 spiro atoms. The van der Waals surface area contributed by atoms with Gasteiger partial charge in [0.1, 0.15) is 0 Å². The molecule has 0 amide bonds. The summed E-state index contributed by atoms with van der Waals surface area (Å²) in [5.41, 5.74) is -0.150. The normalized spacial score (nSPS) is 13.0. The molecular formula is C7H12O4S. The van der Waals surface area contributed by atoms with Crippen LogP contribution >= 0.6 is 0 Å². The Labute approximate surface area is 71.8 Å². The Kier molecular flexibility index (Phi) is 3.95. The highest BCUT2D eigenvalue weighted by Gasteiger charge is 2.08. The van der Waals surface area contributed by atoms with Gasteiger partial charge in [-0.2, -0.15) is 0 Å². The van der Waals surface area contributed by atoms with Crippen molar-refractivity contribution in [3.05, 3.63) is 11.0 Å². The van der Waals surface area contributed by atoms with Crippen molar-refractivity contribution in [1.29, 1.82) is 0 Å². The van der Waals surface area contributed by atoms with Crippen molar-refractivity contribution in [1.82, 2.24) is 0 Å². The molecule has 0 atom stereocenters. The van der Waals surface area contributed by atoms with Gasteiger partial charge in [-0.15, -0.1) is 0 Å². The van der Waals surface area contributed by atoms with Crippen LogP contribution in [0, 0.1) is 0 Å². The molecule has 12 heavy (non-hydrogen) atoms. The first-order chi connectivity index (χ1) is 5.39. The smallest absolute Gasteiger partial charge is 0.331 e. The summed E-state index contributed by atoms with van der Waals surface area (Å²) in [4.78, 5) is 10.2. The van der Waals surface area contributed by atoms with Crippen molar-refractivity contribution < 1.29 is 18.3 Å². The van der Waals surface area contributed by atoms with Gasteiger partial charge in [0.15, 0.2) is 9.84 Å². The van der Waals surface area contributed by atoms with E-state index in [4.69, 9.17) is 5.11 Å². The Morgan fingerprint density at radius 3 is 2.33 bits per heavy atom. The highest BCUT2D eigenvalue weighted by Crippen LogP contribution is 2.01. The van der Waals surface area contributed by atoms with Crippen LogP contribution in [0.25, 0.3) is 0 Å². The molecule has 1 N–H and O–H groups in total. The molecular weight excluding hydrogens is 180 g/mol. The van der Waals surface area contributed by atoms with Crippen molar-refractivity contribution in [3.63, 3.8) is 0 Å². The molecule has 0 rings (SSSR count). The van der Waals surface area contributed by atoms with Crippen LogP contribution in [0.5, 0.6) is 0 Å². The molecule has 0 aliphatic rings. The lowest BCUT2D eigenvalue weighted by molar-refractivity contribution is -0.132. The Balaban J connectivity index is 4.63. The van der Waals surface area contributed by atoms with Gasteiger partial charge in [0, 0.05) is 11.0 Å². The summed E-state index contributed by atoms with van der Waals surface area (Å²) in [5, 5.41) is 9.19. The predicted molar refractivity (Wildman–Crippen MR) is 45.5 cm³/mol.